The number of piperidine rings is 1. The summed E-state index contributed by atoms with van der Waals surface area (Å²) >= 11 is 0. The largest absolute Gasteiger partial charge is 0.355 e. The Labute approximate surface area is 158 Å². The first-order chi connectivity index (χ1) is 12.6. The number of hydrogen-bond donors (Lipinski definition) is 3. The van der Waals surface area contributed by atoms with Crippen molar-refractivity contribution in [3.05, 3.63) is 0 Å². The van der Waals surface area contributed by atoms with Crippen LogP contribution in [0.5, 0.6) is 0 Å². The van der Waals surface area contributed by atoms with E-state index in [9.17, 15) is 9.59 Å². The highest BCUT2D eigenvalue weighted by molar-refractivity contribution is 5.80. The Hall–Kier alpha value is -1.30. The predicted octanol–water partition coefficient (Wildman–Crippen LogP) is 2.49. The lowest BCUT2D eigenvalue weighted by molar-refractivity contribution is -0.126. The average Bonchev–Trinajstić information content (AvgIpc) is 2.92. The number of amides is 3. The Morgan fingerprint density at radius 2 is 1.69 bits per heavy atom. The third-order valence-corrected chi connectivity index (χ3v) is 5.45. The molecule has 0 aromatic carbocycles. The summed E-state index contributed by atoms with van der Waals surface area (Å²) < 4.78 is 0. The molecule has 1 atom stereocenters. The summed E-state index contributed by atoms with van der Waals surface area (Å²) in [6, 6.07) is 0.579. The van der Waals surface area contributed by atoms with Gasteiger partial charge in [0.15, 0.2) is 0 Å². The molecule has 2 fully saturated rings. The van der Waals surface area contributed by atoms with E-state index >= 15 is 0 Å². The van der Waals surface area contributed by atoms with Gasteiger partial charge in [0.2, 0.25) is 5.91 Å². The molecule has 3 N–H and O–H groups in total. The van der Waals surface area contributed by atoms with E-state index in [1.807, 2.05) is 0 Å². The van der Waals surface area contributed by atoms with Gasteiger partial charge in [0.25, 0.3) is 0 Å². The minimum absolute atomic E-state index is 0.0359. The summed E-state index contributed by atoms with van der Waals surface area (Å²) in [4.78, 5) is 26.4. The monoisotopic (exact) mass is 366 g/mol. The van der Waals surface area contributed by atoms with E-state index in [1.54, 1.807) is 4.90 Å². The molecule has 0 spiro atoms. The zero-order chi connectivity index (χ0) is 18.8. The van der Waals surface area contributed by atoms with Crippen molar-refractivity contribution in [1.82, 2.24) is 20.9 Å². The van der Waals surface area contributed by atoms with E-state index in [2.05, 4.69) is 29.8 Å². The normalized spacial score (nSPS) is 22.1. The fourth-order valence-corrected chi connectivity index (χ4v) is 3.87. The van der Waals surface area contributed by atoms with Gasteiger partial charge in [-0.3, -0.25) is 4.79 Å². The molecular weight excluding hydrogens is 328 g/mol. The number of hydrogen-bond acceptors (Lipinski definition) is 3. The number of urea groups is 1. The lowest BCUT2D eigenvalue weighted by Crippen LogP contribution is -2.50. The van der Waals surface area contributed by atoms with Gasteiger partial charge in [-0.05, 0) is 31.6 Å². The van der Waals surface area contributed by atoms with Crippen molar-refractivity contribution in [3.63, 3.8) is 0 Å². The lowest BCUT2D eigenvalue weighted by Gasteiger charge is -2.32. The second-order valence-corrected chi connectivity index (χ2v) is 8.30. The van der Waals surface area contributed by atoms with E-state index in [-0.39, 0.29) is 17.9 Å². The van der Waals surface area contributed by atoms with Gasteiger partial charge >= 0.3 is 6.03 Å². The van der Waals surface area contributed by atoms with Crippen LogP contribution in [-0.2, 0) is 4.79 Å². The van der Waals surface area contributed by atoms with E-state index < -0.39 is 0 Å². The second-order valence-electron chi connectivity index (χ2n) is 8.30. The molecule has 1 saturated carbocycles. The zero-order valence-electron chi connectivity index (χ0n) is 16.7. The summed E-state index contributed by atoms with van der Waals surface area (Å²) in [6.45, 7) is 7.63. The molecule has 26 heavy (non-hydrogen) atoms. The van der Waals surface area contributed by atoms with Crippen LogP contribution in [0.4, 0.5) is 4.79 Å². The van der Waals surface area contributed by atoms with Crippen LogP contribution in [0.15, 0.2) is 0 Å². The van der Waals surface area contributed by atoms with E-state index in [0.29, 0.717) is 31.6 Å². The van der Waals surface area contributed by atoms with Crippen molar-refractivity contribution in [2.24, 2.45) is 11.8 Å². The molecule has 2 aliphatic rings. The van der Waals surface area contributed by atoms with Gasteiger partial charge in [-0.2, -0.15) is 0 Å². The average molecular weight is 367 g/mol. The SMILES string of the molecule is CC(C)CNC(=O)N1CCCC(C(=O)NCCNC2CCCCCC2)C1. The molecule has 6 nitrogen and oxygen atoms in total. The Morgan fingerprint density at radius 3 is 2.38 bits per heavy atom. The number of nitrogens with one attached hydrogen (secondary N) is 3. The fourth-order valence-electron chi connectivity index (χ4n) is 3.87. The van der Waals surface area contributed by atoms with E-state index in [1.165, 1.54) is 38.5 Å². The highest BCUT2D eigenvalue weighted by Crippen LogP contribution is 2.18. The summed E-state index contributed by atoms with van der Waals surface area (Å²) in [7, 11) is 0. The number of likely N-dealkylation sites (tertiary alicyclic amines) is 1. The Kier molecular flexibility index (Phi) is 9.23. The van der Waals surface area contributed by atoms with Gasteiger partial charge in [-0.25, -0.2) is 4.79 Å². The minimum Gasteiger partial charge on any atom is -0.355 e. The summed E-state index contributed by atoms with van der Waals surface area (Å²) in [6.07, 6.45) is 9.65. The van der Waals surface area contributed by atoms with Crippen LogP contribution in [0.3, 0.4) is 0 Å². The van der Waals surface area contributed by atoms with Crippen LogP contribution in [0.1, 0.15) is 65.2 Å². The molecule has 1 unspecified atom stereocenters. The summed E-state index contributed by atoms with van der Waals surface area (Å²) in [5.74, 6) is 0.448. The molecule has 1 saturated heterocycles. The topological polar surface area (TPSA) is 73.5 Å². The van der Waals surface area contributed by atoms with E-state index in [0.717, 1.165) is 25.9 Å². The standard InChI is InChI=1S/C20H38N4O2/c1-16(2)14-23-20(26)24-13-7-8-17(15-24)19(25)22-12-11-21-18-9-5-3-4-6-10-18/h16-18,21H,3-15H2,1-2H3,(H,22,25)(H,23,26). The Bertz CT molecular complexity index is 434. The highest BCUT2D eigenvalue weighted by Gasteiger charge is 2.28. The molecule has 0 bridgehead atoms. The van der Waals surface area contributed by atoms with Crippen LogP contribution >= 0.6 is 0 Å². The van der Waals surface area contributed by atoms with Gasteiger partial charge in [-0.1, -0.05) is 39.5 Å². The summed E-state index contributed by atoms with van der Waals surface area (Å²) in [5.41, 5.74) is 0. The molecule has 0 aromatic heterocycles. The molecule has 1 aliphatic carbocycles. The minimum atomic E-state index is -0.0774. The molecule has 2 rings (SSSR count). The third-order valence-electron chi connectivity index (χ3n) is 5.45. The van der Waals surface area contributed by atoms with Gasteiger partial charge in [0.1, 0.15) is 0 Å². The fraction of sp³-hybridized carbons (Fsp3) is 0.900. The number of rotatable bonds is 7. The Morgan fingerprint density at radius 1 is 0.962 bits per heavy atom. The maximum atomic E-state index is 12.4. The van der Waals surface area contributed by atoms with E-state index in [4.69, 9.17) is 0 Å². The van der Waals surface area contributed by atoms with Crippen molar-refractivity contribution < 1.29 is 9.59 Å². The van der Waals surface area contributed by atoms with Crippen LogP contribution < -0.4 is 16.0 Å². The predicted molar refractivity (Wildman–Crippen MR) is 105 cm³/mol. The van der Waals surface area contributed by atoms with Crippen molar-refractivity contribution >= 4 is 11.9 Å². The van der Waals surface area contributed by atoms with Crippen LogP contribution in [0.2, 0.25) is 0 Å². The van der Waals surface area contributed by atoms with Crippen molar-refractivity contribution in [3.8, 4) is 0 Å². The van der Waals surface area contributed by atoms with Gasteiger partial charge in [0.05, 0.1) is 5.92 Å². The molecule has 1 heterocycles. The first kappa shape index (κ1) is 21.0. The van der Waals surface area contributed by atoms with Crippen molar-refractivity contribution in [2.75, 3.05) is 32.7 Å². The molecular formula is C20H38N4O2. The zero-order valence-corrected chi connectivity index (χ0v) is 16.7. The molecule has 1 aliphatic heterocycles. The number of carbonyl (C=O) groups excluding carboxylic acids is 2. The Balaban J connectivity index is 1.64. The molecule has 6 heteroatoms. The molecule has 0 radical (unpaired) electrons. The maximum absolute atomic E-state index is 12.4. The lowest BCUT2D eigenvalue weighted by atomic mass is 9.97. The quantitative estimate of drug-likeness (QED) is 0.479. The first-order valence-corrected chi connectivity index (χ1v) is 10.6. The van der Waals surface area contributed by atoms with Gasteiger partial charge in [-0.15, -0.1) is 0 Å². The van der Waals surface area contributed by atoms with Crippen molar-refractivity contribution in [1.29, 1.82) is 0 Å². The second kappa shape index (κ2) is 11.4. The third kappa shape index (κ3) is 7.52. The summed E-state index contributed by atoms with van der Waals surface area (Å²) in [5, 5.41) is 9.59. The number of nitrogens with zero attached hydrogens (tertiary/aromatic N) is 1. The first-order valence-electron chi connectivity index (χ1n) is 10.6. The van der Waals surface area contributed by atoms with Crippen LogP contribution in [-0.4, -0.2) is 55.6 Å². The molecule has 150 valence electrons. The molecule has 0 aromatic rings. The highest BCUT2D eigenvalue weighted by atomic mass is 16.2. The van der Waals surface area contributed by atoms with Gasteiger partial charge < -0.3 is 20.9 Å². The smallest absolute Gasteiger partial charge is 0.317 e. The van der Waals surface area contributed by atoms with Crippen molar-refractivity contribution in [2.45, 2.75) is 71.3 Å². The number of carbonyl (C=O) groups is 2. The van der Waals surface area contributed by atoms with Crippen LogP contribution in [0.25, 0.3) is 0 Å². The van der Waals surface area contributed by atoms with Crippen LogP contribution in [0, 0.1) is 11.8 Å². The maximum Gasteiger partial charge on any atom is 0.317 e. The van der Waals surface area contributed by atoms with Gasteiger partial charge in [0, 0.05) is 38.8 Å². The molecule has 3 amide bonds.